The number of carbonyl (C=O) groups excluding carboxylic acids is 1. The summed E-state index contributed by atoms with van der Waals surface area (Å²) in [6.07, 6.45) is 0. The van der Waals surface area contributed by atoms with E-state index < -0.39 is 5.97 Å². The fraction of sp³-hybridized carbons (Fsp3) is 0.143. The van der Waals surface area contributed by atoms with Gasteiger partial charge < -0.3 is 9.47 Å². The lowest BCUT2D eigenvalue weighted by Crippen LogP contribution is -2.06. The number of esters is 1. The van der Waals surface area contributed by atoms with Crippen molar-refractivity contribution in [2.45, 2.75) is 5.88 Å². The third-order valence-corrected chi connectivity index (χ3v) is 2.64. The molecule has 2 aromatic rings. The number of halogens is 1. The molecule has 0 saturated heterocycles. The van der Waals surface area contributed by atoms with Gasteiger partial charge in [0.1, 0.15) is 11.5 Å². The summed E-state index contributed by atoms with van der Waals surface area (Å²) in [5.74, 6) is 0.836. The number of aromatic nitrogens is 1. The SMILES string of the molecule is COC(=O)c1cc(Oc2ccccc2)cc(CCl)n1. The number of pyridine rings is 1. The normalized spacial score (nSPS) is 10.0. The Morgan fingerprint density at radius 1 is 1.21 bits per heavy atom. The summed E-state index contributed by atoms with van der Waals surface area (Å²) in [5, 5.41) is 0. The molecule has 0 radical (unpaired) electrons. The first-order valence-corrected chi connectivity index (χ1v) is 6.14. The average Bonchev–Trinajstić information content (AvgIpc) is 2.47. The van der Waals surface area contributed by atoms with Gasteiger partial charge in [-0.25, -0.2) is 9.78 Å². The lowest BCUT2D eigenvalue weighted by Gasteiger charge is -2.08. The Balaban J connectivity index is 2.32. The summed E-state index contributed by atoms with van der Waals surface area (Å²) < 4.78 is 10.3. The highest BCUT2D eigenvalue weighted by Crippen LogP contribution is 2.23. The monoisotopic (exact) mass is 277 g/mol. The van der Waals surface area contributed by atoms with Gasteiger partial charge in [0.2, 0.25) is 0 Å². The highest BCUT2D eigenvalue weighted by molar-refractivity contribution is 6.16. The van der Waals surface area contributed by atoms with Crippen LogP contribution in [0.25, 0.3) is 0 Å². The molecule has 0 fully saturated rings. The van der Waals surface area contributed by atoms with Crippen LogP contribution in [0.15, 0.2) is 42.5 Å². The molecule has 1 aromatic carbocycles. The molecule has 0 amide bonds. The zero-order valence-corrected chi connectivity index (χ0v) is 11.1. The molecule has 0 bridgehead atoms. The predicted molar refractivity (Wildman–Crippen MR) is 71.6 cm³/mol. The van der Waals surface area contributed by atoms with E-state index in [0.29, 0.717) is 17.2 Å². The van der Waals surface area contributed by atoms with Crippen molar-refractivity contribution in [2.75, 3.05) is 7.11 Å². The minimum Gasteiger partial charge on any atom is -0.464 e. The quantitative estimate of drug-likeness (QED) is 0.635. The lowest BCUT2D eigenvalue weighted by atomic mass is 10.3. The maximum atomic E-state index is 11.5. The Bertz CT molecular complexity index is 572. The van der Waals surface area contributed by atoms with Gasteiger partial charge in [0.25, 0.3) is 0 Å². The Labute approximate surface area is 115 Å². The number of hydrogen-bond acceptors (Lipinski definition) is 4. The third-order valence-electron chi connectivity index (χ3n) is 2.36. The van der Waals surface area contributed by atoms with E-state index in [0.717, 1.165) is 0 Å². The summed E-state index contributed by atoms with van der Waals surface area (Å²) in [7, 11) is 1.30. The number of ether oxygens (including phenoxy) is 2. The van der Waals surface area contributed by atoms with Crippen molar-refractivity contribution in [3.63, 3.8) is 0 Å². The molecule has 98 valence electrons. The minimum atomic E-state index is -0.523. The Kier molecular flexibility index (Phi) is 4.36. The average molecular weight is 278 g/mol. The van der Waals surface area contributed by atoms with Crippen molar-refractivity contribution in [2.24, 2.45) is 0 Å². The smallest absolute Gasteiger partial charge is 0.356 e. The highest BCUT2D eigenvalue weighted by atomic mass is 35.5. The van der Waals surface area contributed by atoms with E-state index in [2.05, 4.69) is 9.72 Å². The Hall–Kier alpha value is -2.07. The van der Waals surface area contributed by atoms with E-state index in [1.165, 1.54) is 13.2 Å². The molecule has 2 rings (SSSR count). The molecule has 19 heavy (non-hydrogen) atoms. The lowest BCUT2D eigenvalue weighted by molar-refractivity contribution is 0.0593. The molecule has 5 heteroatoms. The standard InChI is InChI=1S/C14H12ClNO3/c1-18-14(17)13-8-12(7-10(9-15)16-13)19-11-5-3-2-4-6-11/h2-8H,9H2,1H3. The molecule has 0 saturated carbocycles. The van der Waals surface area contributed by atoms with Gasteiger partial charge in [-0.1, -0.05) is 18.2 Å². The minimum absolute atomic E-state index is 0.173. The second-order valence-corrected chi connectivity index (χ2v) is 3.99. The van der Waals surface area contributed by atoms with E-state index in [-0.39, 0.29) is 11.6 Å². The summed E-state index contributed by atoms with van der Waals surface area (Å²) in [6.45, 7) is 0. The fourth-order valence-corrected chi connectivity index (χ4v) is 1.66. The van der Waals surface area contributed by atoms with Crippen LogP contribution >= 0.6 is 11.6 Å². The number of alkyl halides is 1. The molecule has 0 unspecified atom stereocenters. The van der Waals surface area contributed by atoms with Gasteiger partial charge in [0, 0.05) is 12.1 Å². The van der Waals surface area contributed by atoms with E-state index in [1.807, 2.05) is 30.3 Å². The van der Waals surface area contributed by atoms with Crippen LogP contribution in [0.1, 0.15) is 16.2 Å². The molecule has 0 spiro atoms. The van der Waals surface area contributed by atoms with Crippen LogP contribution in [-0.2, 0) is 10.6 Å². The number of hydrogen-bond donors (Lipinski definition) is 0. The highest BCUT2D eigenvalue weighted by Gasteiger charge is 2.11. The van der Waals surface area contributed by atoms with E-state index in [9.17, 15) is 4.79 Å². The Morgan fingerprint density at radius 2 is 1.95 bits per heavy atom. The number of carbonyl (C=O) groups is 1. The van der Waals surface area contributed by atoms with Crippen molar-refractivity contribution >= 4 is 17.6 Å². The van der Waals surface area contributed by atoms with Crippen LogP contribution in [-0.4, -0.2) is 18.1 Å². The first kappa shape index (κ1) is 13.4. The van der Waals surface area contributed by atoms with Gasteiger partial charge in [-0.05, 0) is 12.1 Å². The van der Waals surface area contributed by atoms with Crippen LogP contribution in [0.5, 0.6) is 11.5 Å². The van der Waals surface area contributed by atoms with Crippen LogP contribution in [0.3, 0.4) is 0 Å². The van der Waals surface area contributed by atoms with E-state index >= 15 is 0 Å². The van der Waals surface area contributed by atoms with Crippen LogP contribution in [0, 0.1) is 0 Å². The van der Waals surface area contributed by atoms with Crippen LogP contribution < -0.4 is 4.74 Å². The molecule has 0 aliphatic rings. The molecule has 0 aliphatic carbocycles. The summed E-state index contributed by atoms with van der Waals surface area (Å²) in [4.78, 5) is 15.6. The molecule has 1 aromatic heterocycles. The molecule has 1 heterocycles. The van der Waals surface area contributed by atoms with Gasteiger partial charge >= 0.3 is 5.97 Å². The molecule has 0 aliphatic heterocycles. The van der Waals surface area contributed by atoms with E-state index in [4.69, 9.17) is 16.3 Å². The van der Waals surface area contributed by atoms with Crippen molar-refractivity contribution in [1.82, 2.24) is 4.98 Å². The molecular formula is C14H12ClNO3. The number of para-hydroxylation sites is 1. The molecule has 4 nitrogen and oxygen atoms in total. The van der Waals surface area contributed by atoms with Gasteiger partial charge in [0.05, 0.1) is 18.7 Å². The Morgan fingerprint density at radius 3 is 2.58 bits per heavy atom. The van der Waals surface area contributed by atoms with Gasteiger partial charge in [-0.15, -0.1) is 11.6 Å². The second kappa shape index (κ2) is 6.20. The maximum Gasteiger partial charge on any atom is 0.356 e. The number of rotatable bonds is 4. The summed E-state index contributed by atoms with van der Waals surface area (Å²) in [6, 6.07) is 12.5. The van der Waals surface area contributed by atoms with E-state index in [1.54, 1.807) is 6.07 Å². The molecule has 0 N–H and O–H groups in total. The first-order chi connectivity index (χ1) is 9.22. The number of nitrogens with zero attached hydrogens (tertiary/aromatic N) is 1. The fourth-order valence-electron chi connectivity index (χ4n) is 1.52. The summed E-state index contributed by atoms with van der Waals surface area (Å²) in [5.41, 5.74) is 0.724. The van der Waals surface area contributed by atoms with Gasteiger partial charge in [-0.2, -0.15) is 0 Å². The summed E-state index contributed by atoms with van der Waals surface area (Å²) >= 11 is 5.75. The zero-order chi connectivity index (χ0) is 13.7. The van der Waals surface area contributed by atoms with Crippen LogP contribution in [0.2, 0.25) is 0 Å². The predicted octanol–water partition coefficient (Wildman–Crippen LogP) is 3.40. The van der Waals surface area contributed by atoms with Crippen molar-refractivity contribution in [3.05, 3.63) is 53.9 Å². The zero-order valence-electron chi connectivity index (χ0n) is 10.3. The van der Waals surface area contributed by atoms with Crippen molar-refractivity contribution < 1.29 is 14.3 Å². The van der Waals surface area contributed by atoms with Crippen molar-refractivity contribution in [3.8, 4) is 11.5 Å². The van der Waals surface area contributed by atoms with Crippen LogP contribution in [0.4, 0.5) is 0 Å². The molecule has 0 atom stereocenters. The maximum absolute atomic E-state index is 11.5. The number of benzene rings is 1. The van der Waals surface area contributed by atoms with Gasteiger partial charge in [0.15, 0.2) is 5.69 Å². The molecular weight excluding hydrogens is 266 g/mol. The van der Waals surface area contributed by atoms with Gasteiger partial charge in [-0.3, -0.25) is 0 Å². The number of methoxy groups -OCH3 is 1. The van der Waals surface area contributed by atoms with Crippen molar-refractivity contribution in [1.29, 1.82) is 0 Å². The largest absolute Gasteiger partial charge is 0.464 e. The topological polar surface area (TPSA) is 48.4 Å². The second-order valence-electron chi connectivity index (χ2n) is 3.72. The third kappa shape index (κ3) is 3.45. The first-order valence-electron chi connectivity index (χ1n) is 5.61.